The van der Waals surface area contributed by atoms with Crippen LogP contribution in [0, 0.1) is 0 Å². The van der Waals surface area contributed by atoms with Crippen LogP contribution in [0.1, 0.15) is 18.0 Å². The fourth-order valence-corrected chi connectivity index (χ4v) is 1.01. The van der Waals surface area contributed by atoms with Crippen molar-refractivity contribution in [3.8, 4) is 5.75 Å². The van der Waals surface area contributed by atoms with E-state index in [1.54, 1.807) is 0 Å². The summed E-state index contributed by atoms with van der Waals surface area (Å²) in [7, 11) is 0. The first-order chi connectivity index (χ1) is 6.38. The molecule has 0 saturated carbocycles. The molecule has 0 aliphatic heterocycles. The number of hydrogen-bond donors (Lipinski definition) is 2. The SMILES string of the molecule is N[C@@H](CC(F)(F)F)c1cncc(O)c1. The fraction of sp³-hybridized carbons (Fsp3) is 0.375. The van der Waals surface area contributed by atoms with Crippen molar-refractivity contribution in [1.29, 1.82) is 0 Å². The Morgan fingerprint density at radius 3 is 2.57 bits per heavy atom. The molecule has 0 spiro atoms. The van der Waals surface area contributed by atoms with Crippen molar-refractivity contribution in [2.45, 2.75) is 18.6 Å². The van der Waals surface area contributed by atoms with Crippen LogP contribution in [-0.2, 0) is 0 Å². The zero-order valence-corrected chi connectivity index (χ0v) is 7.12. The second kappa shape index (κ2) is 3.83. The molecule has 1 atom stereocenters. The van der Waals surface area contributed by atoms with Crippen LogP contribution < -0.4 is 5.73 Å². The first kappa shape index (κ1) is 10.8. The summed E-state index contributed by atoms with van der Waals surface area (Å²) in [6, 6.07) is -0.0155. The van der Waals surface area contributed by atoms with E-state index in [9.17, 15) is 13.2 Å². The molecule has 0 radical (unpaired) electrons. The van der Waals surface area contributed by atoms with Crippen LogP contribution in [0.2, 0.25) is 0 Å². The molecule has 0 aromatic carbocycles. The molecule has 78 valence electrons. The lowest BCUT2D eigenvalue weighted by Gasteiger charge is -2.13. The van der Waals surface area contributed by atoms with E-state index in [2.05, 4.69) is 4.98 Å². The summed E-state index contributed by atoms with van der Waals surface area (Å²) in [6.07, 6.45) is -3.11. The Bertz CT molecular complexity index is 314. The van der Waals surface area contributed by atoms with Crippen LogP contribution in [-0.4, -0.2) is 16.3 Å². The van der Waals surface area contributed by atoms with Crippen molar-refractivity contribution in [2.75, 3.05) is 0 Å². The summed E-state index contributed by atoms with van der Waals surface area (Å²) in [5.41, 5.74) is 5.45. The van der Waals surface area contributed by atoms with E-state index in [0.29, 0.717) is 0 Å². The highest BCUT2D eigenvalue weighted by atomic mass is 19.4. The first-order valence-electron chi connectivity index (χ1n) is 3.85. The molecule has 1 heterocycles. The van der Waals surface area contributed by atoms with Gasteiger partial charge in [-0.3, -0.25) is 4.98 Å². The number of hydrogen-bond acceptors (Lipinski definition) is 3. The van der Waals surface area contributed by atoms with Crippen molar-refractivity contribution in [3.63, 3.8) is 0 Å². The van der Waals surface area contributed by atoms with Gasteiger partial charge in [0.25, 0.3) is 0 Å². The molecule has 0 saturated heterocycles. The van der Waals surface area contributed by atoms with Crippen LogP contribution in [0.25, 0.3) is 0 Å². The average molecular weight is 206 g/mol. The molecule has 14 heavy (non-hydrogen) atoms. The Morgan fingerprint density at radius 2 is 2.07 bits per heavy atom. The molecule has 0 aliphatic rings. The van der Waals surface area contributed by atoms with E-state index in [0.717, 1.165) is 6.20 Å². The molecule has 0 amide bonds. The van der Waals surface area contributed by atoms with E-state index in [1.807, 2.05) is 0 Å². The van der Waals surface area contributed by atoms with Crippen LogP contribution in [0.3, 0.4) is 0 Å². The normalized spacial score (nSPS) is 14.0. The molecule has 0 unspecified atom stereocenters. The van der Waals surface area contributed by atoms with Crippen molar-refractivity contribution < 1.29 is 18.3 Å². The minimum atomic E-state index is -4.31. The predicted molar refractivity (Wildman–Crippen MR) is 43.5 cm³/mol. The lowest BCUT2D eigenvalue weighted by atomic mass is 10.1. The van der Waals surface area contributed by atoms with Crippen LogP contribution in [0.15, 0.2) is 18.5 Å². The smallest absolute Gasteiger partial charge is 0.390 e. The number of pyridine rings is 1. The Morgan fingerprint density at radius 1 is 1.43 bits per heavy atom. The maximum atomic E-state index is 11.9. The highest BCUT2D eigenvalue weighted by molar-refractivity contribution is 5.24. The molecule has 3 nitrogen and oxygen atoms in total. The Labute approximate surface area is 78.4 Å². The van der Waals surface area contributed by atoms with Crippen LogP contribution in [0.4, 0.5) is 13.2 Å². The molecule has 1 aromatic rings. The summed E-state index contributed by atoms with van der Waals surface area (Å²) in [6.45, 7) is 0. The highest BCUT2D eigenvalue weighted by Crippen LogP contribution is 2.28. The van der Waals surface area contributed by atoms with Gasteiger partial charge in [-0.15, -0.1) is 0 Å². The third-order valence-electron chi connectivity index (χ3n) is 1.62. The molecule has 1 aromatic heterocycles. The largest absolute Gasteiger partial charge is 0.506 e. The number of nitrogens with zero attached hydrogens (tertiary/aromatic N) is 1. The number of rotatable bonds is 2. The lowest BCUT2D eigenvalue weighted by Crippen LogP contribution is -2.20. The van der Waals surface area contributed by atoms with Gasteiger partial charge in [0.2, 0.25) is 0 Å². The maximum Gasteiger partial charge on any atom is 0.390 e. The van der Waals surface area contributed by atoms with E-state index >= 15 is 0 Å². The van der Waals surface area contributed by atoms with Gasteiger partial charge in [-0.05, 0) is 11.6 Å². The van der Waals surface area contributed by atoms with Gasteiger partial charge in [-0.2, -0.15) is 13.2 Å². The zero-order valence-electron chi connectivity index (χ0n) is 7.12. The lowest BCUT2D eigenvalue weighted by molar-refractivity contribution is -0.138. The summed E-state index contributed by atoms with van der Waals surface area (Å²) >= 11 is 0. The number of aromatic hydroxyl groups is 1. The molecular weight excluding hydrogens is 197 g/mol. The first-order valence-corrected chi connectivity index (χ1v) is 3.85. The van der Waals surface area contributed by atoms with Gasteiger partial charge in [0.1, 0.15) is 5.75 Å². The van der Waals surface area contributed by atoms with Crippen molar-refractivity contribution in [3.05, 3.63) is 24.0 Å². The van der Waals surface area contributed by atoms with Gasteiger partial charge in [0.15, 0.2) is 0 Å². The minimum absolute atomic E-state index is 0.169. The van der Waals surface area contributed by atoms with Gasteiger partial charge in [-0.25, -0.2) is 0 Å². The summed E-state index contributed by atoms with van der Waals surface area (Å²) in [5.74, 6) is -0.194. The van der Waals surface area contributed by atoms with Gasteiger partial charge in [0.05, 0.1) is 12.6 Å². The second-order valence-corrected chi connectivity index (χ2v) is 2.90. The fourth-order valence-electron chi connectivity index (χ4n) is 1.01. The van der Waals surface area contributed by atoms with E-state index in [4.69, 9.17) is 10.8 Å². The average Bonchev–Trinajstić information content (AvgIpc) is 2.01. The van der Waals surface area contributed by atoms with Crippen molar-refractivity contribution in [1.82, 2.24) is 4.98 Å². The van der Waals surface area contributed by atoms with Crippen molar-refractivity contribution in [2.24, 2.45) is 5.73 Å². The van der Waals surface area contributed by atoms with Gasteiger partial charge in [0, 0.05) is 12.2 Å². The molecule has 1 rings (SSSR count). The summed E-state index contributed by atoms with van der Waals surface area (Å²) in [4.78, 5) is 3.54. The number of aromatic nitrogens is 1. The Kier molecular flexibility index (Phi) is 2.95. The molecule has 0 bridgehead atoms. The summed E-state index contributed by atoms with van der Waals surface area (Å²) < 4.78 is 35.8. The number of halogens is 3. The van der Waals surface area contributed by atoms with E-state index < -0.39 is 18.6 Å². The molecule has 3 N–H and O–H groups in total. The Hall–Kier alpha value is -1.30. The third kappa shape index (κ3) is 3.21. The van der Waals surface area contributed by atoms with Crippen LogP contribution >= 0.6 is 0 Å². The minimum Gasteiger partial charge on any atom is -0.506 e. The van der Waals surface area contributed by atoms with Crippen LogP contribution in [0.5, 0.6) is 5.75 Å². The standard InChI is InChI=1S/C8H9F3N2O/c9-8(10,11)2-7(12)5-1-6(14)4-13-3-5/h1,3-4,7,14H,2,12H2/t7-/m0/s1. The molecule has 0 aliphatic carbocycles. The third-order valence-corrected chi connectivity index (χ3v) is 1.62. The van der Waals surface area contributed by atoms with E-state index in [-0.39, 0.29) is 11.3 Å². The van der Waals surface area contributed by atoms with Gasteiger partial charge >= 0.3 is 6.18 Å². The summed E-state index contributed by atoms with van der Waals surface area (Å²) in [5, 5.41) is 8.96. The highest BCUT2D eigenvalue weighted by Gasteiger charge is 2.31. The Balaban J connectivity index is 2.74. The second-order valence-electron chi connectivity index (χ2n) is 2.90. The van der Waals surface area contributed by atoms with E-state index in [1.165, 1.54) is 12.3 Å². The number of nitrogens with two attached hydrogens (primary N) is 1. The molecular formula is C8H9F3N2O. The van der Waals surface area contributed by atoms with Gasteiger partial charge < -0.3 is 10.8 Å². The topological polar surface area (TPSA) is 59.1 Å². The zero-order chi connectivity index (χ0) is 10.8. The quantitative estimate of drug-likeness (QED) is 0.774. The molecule has 0 fully saturated rings. The number of alkyl halides is 3. The predicted octanol–water partition coefficient (Wildman–Crippen LogP) is 1.74. The molecule has 6 heteroatoms. The maximum absolute atomic E-state index is 11.9. The monoisotopic (exact) mass is 206 g/mol. The van der Waals surface area contributed by atoms with Crippen molar-refractivity contribution >= 4 is 0 Å². The van der Waals surface area contributed by atoms with Gasteiger partial charge in [-0.1, -0.05) is 0 Å².